The van der Waals surface area contributed by atoms with Gasteiger partial charge in [-0.15, -0.1) is 11.6 Å². The Bertz CT molecular complexity index is 226. The first kappa shape index (κ1) is 15.2. The van der Waals surface area contributed by atoms with Crippen molar-refractivity contribution in [1.82, 2.24) is 15.5 Å². The smallest absolute Gasteiger partial charge is 0.321 e. The highest BCUT2D eigenvalue weighted by atomic mass is 35.5. The topological polar surface area (TPSA) is 70.7 Å². The lowest BCUT2D eigenvalue weighted by Crippen LogP contribution is -2.43. The highest BCUT2D eigenvalue weighted by Crippen LogP contribution is 1.81. The summed E-state index contributed by atoms with van der Waals surface area (Å²) in [6, 6.07) is -0.522. The van der Waals surface area contributed by atoms with Crippen LogP contribution in [0.3, 0.4) is 0 Å². The van der Waals surface area contributed by atoms with Crippen LogP contribution in [0.5, 0.6) is 0 Å². The van der Waals surface area contributed by atoms with Crippen molar-refractivity contribution in [3.8, 4) is 0 Å². The molecule has 2 N–H and O–H groups in total. The van der Waals surface area contributed by atoms with Crippen molar-refractivity contribution in [3.63, 3.8) is 0 Å². The number of ether oxygens (including phenoxy) is 1. The number of carbonyl (C=O) groups is 2. The van der Waals surface area contributed by atoms with E-state index in [1.165, 1.54) is 0 Å². The number of carbonyl (C=O) groups excluding carboxylic acids is 2. The number of nitrogens with one attached hydrogen (secondary N) is 2. The van der Waals surface area contributed by atoms with Crippen LogP contribution in [0.1, 0.15) is 0 Å². The van der Waals surface area contributed by atoms with Crippen LogP contribution in [-0.2, 0) is 9.53 Å². The van der Waals surface area contributed by atoms with Gasteiger partial charge in [0, 0.05) is 26.7 Å². The molecule has 0 spiro atoms. The molecule has 0 aliphatic rings. The Morgan fingerprint density at radius 3 is 2.62 bits per heavy atom. The van der Waals surface area contributed by atoms with Gasteiger partial charge in [-0.3, -0.25) is 10.1 Å². The van der Waals surface area contributed by atoms with Gasteiger partial charge in [-0.1, -0.05) is 0 Å². The number of amides is 3. The molecule has 0 aromatic rings. The Morgan fingerprint density at radius 1 is 1.38 bits per heavy atom. The normalized spacial score (nSPS) is 10.2. The minimum Gasteiger partial charge on any atom is -0.383 e. The van der Waals surface area contributed by atoms with E-state index in [9.17, 15) is 9.59 Å². The van der Waals surface area contributed by atoms with Crippen LogP contribution in [0, 0.1) is 0 Å². The number of hydrogen-bond donors (Lipinski definition) is 2. The van der Waals surface area contributed by atoms with Crippen LogP contribution in [0.2, 0.25) is 0 Å². The Morgan fingerprint density at radius 2 is 2.06 bits per heavy atom. The van der Waals surface area contributed by atoms with E-state index in [4.69, 9.17) is 16.3 Å². The molecule has 0 aromatic carbocycles. The van der Waals surface area contributed by atoms with Gasteiger partial charge in [0.2, 0.25) is 5.91 Å². The Hall–Kier alpha value is -0.850. The lowest BCUT2D eigenvalue weighted by atomic mass is 10.5. The van der Waals surface area contributed by atoms with Gasteiger partial charge in [0.1, 0.15) is 5.88 Å². The van der Waals surface area contributed by atoms with E-state index in [1.807, 2.05) is 11.9 Å². The second-order valence-electron chi connectivity index (χ2n) is 3.23. The first-order valence-corrected chi connectivity index (χ1v) is 5.44. The monoisotopic (exact) mass is 251 g/mol. The summed E-state index contributed by atoms with van der Waals surface area (Å²) in [7, 11) is 3.56. The predicted molar refractivity (Wildman–Crippen MR) is 61.6 cm³/mol. The summed E-state index contributed by atoms with van der Waals surface area (Å²) in [5, 5.41) is 4.63. The average Bonchev–Trinajstić information content (AvgIpc) is 2.26. The fraction of sp³-hybridized carbons (Fsp3) is 0.778. The Labute approximate surface area is 100 Å². The summed E-state index contributed by atoms with van der Waals surface area (Å²) in [5.41, 5.74) is 0. The molecular weight excluding hydrogens is 234 g/mol. The van der Waals surface area contributed by atoms with E-state index in [1.54, 1.807) is 7.11 Å². The van der Waals surface area contributed by atoms with Crippen molar-refractivity contribution in [3.05, 3.63) is 0 Å². The van der Waals surface area contributed by atoms with Gasteiger partial charge in [-0.2, -0.15) is 0 Å². The van der Waals surface area contributed by atoms with E-state index < -0.39 is 11.9 Å². The van der Waals surface area contributed by atoms with Crippen molar-refractivity contribution >= 4 is 23.5 Å². The largest absolute Gasteiger partial charge is 0.383 e. The van der Waals surface area contributed by atoms with Gasteiger partial charge in [-0.05, 0) is 7.05 Å². The van der Waals surface area contributed by atoms with E-state index in [-0.39, 0.29) is 5.88 Å². The van der Waals surface area contributed by atoms with Crippen LogP contribution in [-0.4, -0.2) is 63.1 Å². The molecule has 7 heteroatoms. The Balaban J connectivity index is 3.50. The zero-order chi connectivity index (χ0) is 12.4. The molecule has 3 amide bonds. The molecule has 16 heavy (non-hydrogen) atoms. The average molecular weight is 252 g/mol. The number of urea groups is 1. The van der Waals surface area contributed by atoms with Gasteiger partial charge in [-0.25, -0.2) is 4.79 Å². The highest BCUT2D eigenvalue weighted by molar-refractivity contribution is 6.28. The lowest BCUT2D eigenvalue weighted by molar-refractivity contribution is -0.117. The third-order valence-electron chi connectivity index (χ3n) is 1.83. The number of rotatable bonds is 7. The number of nitrogens with zero attached hydrogens (tertiary/aromatic N) is 1. The predicted octanol–water partition coefficient (Wildman–Crippen LogP) is -0.371. The second-order valence-corrected chi connectivity index (χ2v) is 3.50. The molecule has 0 fully saturated rings. The van der Waals surface area contributed by atoms with Gasteiger partial charge < -0.3 is 15.0 Å². The zero-order valence-electron chi connectivity index (χ0n) is 9.59. The quantitative estimate of drug-likeness (QED) is 0.606. The van der Waals surface area contributed by atoms with Crippen molar-refractivity contribution in [2.75, 3.05) is 46.3 Å². The molecule has 6 nitrogen and oxygen atoms in total. The Kier molecular flexibility index (Phi) is 8.88. The van der Waals surface area contributed by atoms with Crippen LogP contribution >= 0.6 is 11.6 Å². The first-order chi connectivity index (χ1) is 7.60. The molecule has 0 atom stereocenters. The van der Waals surface area contributed by atoms with Crippen molar-refractivity contribution in [1.29, 1.82) is 0 Å². The van der Waals surface area contributed by atoms with Gasteiger partial charge >= 0.3 is 6.03 Å². The summed E-state index contributed by atoms with van der Waals surface area (Å²) < 4.78 is 4.91. The van der Waals surface area contributed by atoms with Crippen LogP contribution in [0.15, 0.2) is 0 Å². The molecule has 0 heterocycles. The standard InChI is InChI=1S/C9H18ClN3O3/c1-13(5-6-16-2)4-3-11-9(15)12-8(14)7-10/h3-7H2,1-2H3,(H2,11,12,14,15). The number of methoxy groups -OCH3 is 1. The number of likely N-dealkylation sites (N-methyl/N-ethyl adjacent to an activating group) is 1. The van der Waals surface area contributed by atoms with E-state index in [0.717, 1.165) is 6.54 Å². The molecule has 0 aromatic heterocycles. The molecule has 0 aliphatic carbocycles. The molecule has 0 radical (unpaired) electrons. The summed E-state index contributed by atoms with van der Waals surface area (Å²) in [6.45, 7) is 2.58. The van der Waals surface area contributed by atoms with E-state index in [2.05, 4.69) is 10.6 Å². The van der Waals surface area contributed by atoms with Crippen LogP contribution in [0.4, 0.5) is 4.79 Å². The third-order valence-corrected chi connectivity index (χ3v) is 2.07. The summed E-state index contributed by atoms with van der Waals surface area (Å²) in [5.74, 6) is -0.729. The number of alkyl halides is 1. The molecule has 0 rings (SSSR count). The van der Waals surface area contributed by atoms with Crippen molar-refractivity contribution in [2.45, 2.75) is 0 Å². The third kappa shape index (κ3) is 8.46. The van der Waals surface area contributed by atoms with Crippen molar-refractivity contribution in [2.24, 2.45) is 0 Å². The minimum atomic E-state index is -0.522. The van der Waals surface area contributed by atoms with E-state index in [0.29, 0.717) is 19.7 Å². The SMILES string of the molecule is COCCN(C)CCNC(=O)NC(=O)CCl. The fourth-order valence-electron chi connectivity index (χ4n) is 0.923. The second kappa shape index (κ2) is 9.38. The molecule has 0 unspecified atom stereocenters. The maximum absolute atomic E-state index is 11.1. The number of hydrogen-bond acceptors (Lipinski definition) is 4. The highest BCUT2D eigenvalue weighted by Gasteiger charge is 2.05. The molecule has 94 valence electrons. The first-order valence-electron chi connectivity index (χ1n) is 4.91. The molecule has 0 aliphatic heterocycles. The van der Waals surface area contributed by atoms with Gasteiger partial charge in [0.25, 0.3) is 0 Å². The zero-order valence-corrected chi connectivity index (χ0v) is 10.3. The molecular formula is C9H18ClN3O3. The van der Waals surface area contributed by atoms with E-state index >= 15 is 0 Å². The minimum absolute atomic E-state index is 0.221. The number of imide groups is 1. The maximum atomic E-state index is 11.1. The summed E-state index contributed by atoms with van der Waals surface area (Å²) in [4.78, 5) is 23.8. The molecule has 0 saturated heterocycles. The van der Waals surface area contributed by atoms with Gasteiger partial charge in [0.15, 0.2) is 0 Å². The lowest BCUT2D eigenvalue weighted by Gasteiger charge is -2.16. The maximum Gasteiger partial charge on any atom is 0.321 e. The van der Waals surface area contributed by atoms with Crippen LogP contribution < -0.4 is 10.6 Å². The van der Waals surface area contributed by atoms with Crippen molar-refractivity contribution < 1.29 is 14.3 Å². The molecule has 0 saturated carbocycles. The fourth-order valence-corrected chi connectivity index (χ4v) is 0.990. The summed E-state index contributed by atoms with van der Waals surface area (Å²) in [6.07, 6.45) is 0. The van der Waals surface area contributed by atoms with Gasteiger partial charge in [0.05, 0.1) is 6.61 Å². The van der Waals surface area contributed by atoms with Crippen LogP contribution in [0.25, 0.3) is 0 Å². The summed E-state index contributed by atoms with van der Waals surface area (Å²) >= 11 is 5.22. The number of halogens is 1. The molecule has 0 bridgehead atoms.